The van der Waals surface area contributed by atoms with Crippen molar-refractivity contribution in [3.05, 3.63) is 41.7 Å². The number of aryl methyl sites for hydroxylation is 3. The number of nitrogens with two attached hydrogens (primary N) is 1. The van der Waals surface area contributed by atoms with Crippen molar-refractivity contribution in [1.82, 2.24) is 9.78 Å². The van der Waals surface area contributed by atoms with Gasteiger partial charge in [0.2, 0.25) is 0 Å². The van der Waals surface area contributed by atoms with Gasteiger partial charge in [-0.15, -0.1) is 0 Å². The minimum absolute atomic E-state index is 0.0341. The maximum atomic E-state index is 12.3. The van der Waals surface area contributed by atoms with E-state index in [1.807, 2.05) is 13.1 Å². The van der Waals surface area contributed by atoms with Crippen molar-refractivity contribution < 1.29 is 8.42 Å². The molecule has 0 fully saturated rings. The summed E-state index contributed by atoms with van der Waals surface area (Å²) < 4.78 is 26.2. The van der Waals surface area contributed by atoms with E-state index in [1.165, 1.54) is 0 Å². The van der Waals surface area contributed by atoms with Gasteiger partial charge < -0.3 is 5.73 Å². The van der Waals surface area contributed by atoms with Gasteiger partial charge in [-0.25, -0.2) is 8.42 Å². The fourth-order valence-electron chi connectivity index (χ4n) is 1.87. The second-order valence-electron chi connectivity index (χ2n) is 4.63. The van der Waals surface area contributed by atoms with Crippen LogP contribution in [-0.4, -0.2) is 24.0 Å². The Morgan fingerprint density at radius 1 is 1.37 bits per heavy atom. The molecule has 0 unspecified atom stereocenters. The third-order valence-electron chi connectivity index (χ3n) is 2.92. The highest BCUT2D eigenvalue weighted by Crippen LogP contribution is 2.21. The number of benzene rings is 1. The van der Waals surface area contributed by atoms with Crippen LogP contribution in [0.25, 0.3) is 0 Å². The first-order chi connectivity index (χ1) is 8.88. The summed E-state index contributed by atoms with van der Waals surface area (Å²) in [5, 5.41) is 4.02. The van der Waals surface area contributed by atoms with Crippen LogP contribution in [0.15, 0.2) is 35.5 Å². The molecule has 2 aromatic rings. The summed E-state index contributed by atoms with van der Waals surface area (Å²) in [4.78, 5) is 0.219. The Morgan fingerprint density at radius 3 is 2.74 bits per heavy atom. The van der Waals surface area contributed by atoms with Crippen molar-refractivity contribution in [3.8, 4) is 0 Å². The van der Waals surface area contributed by atoms with Gasteiger partial charge >= 0.3 is 0 Å². The second kappa shape index (κ2) is 5.05. The average molecular weight is 279 g/mol. The summed E-state index contributed by atoms with van der Waals surface area (Å²) in [7, 11) is -1.56. The number of sulfone groups is 1. The molecule has 0 atom stereocenters. The van der Waals surface area contributed by atoms with Crippen LogP contribution in [0.3, 0.4) is 0 Å². The molecular weight excluding hydrogens is 262 g/mol. The van der Waals surface area contributed by atoms with Gasteiger partial charge in [-0.1, -0.05) is 6.07 Å². The highest BCUT2D eigenvalue weighted by Gasteiger charge is 2.18. The Kier molecular flexibility index (Phi) is 3.61. The quantitative estimate of drug-likeness (QED) is 0.856. The molecule has 0 aliphatic carbocycles. The maximum absolute atomic E-state index is 12.3. The van der Waals surface area contributed by atoms with Gasteiger partial charge in [0.25, 0.3) is 0 Å². The molecule has 1 aromatic carbocycles. The molecule has 102 valence electrons. The molecule has 0 saturated carbocycles. The molecule has 0 saturated heterocycles. The van der Waals surface area contributed by atoms with E-state index >= 15 is 0 Å². The van der Waals surface area contributed by atoms with Crippen LogP contribution < -0.4 is 5.73 Å². The minimum Gasteiger partial charge on any atom is -0.398 e. The molecule has 0 bridgehead atoms. The lowest BCUT2D eigenvalue weighted by Crippen LogP contribution is -2.11. The first-order valence-electron chi connectivity index (χ1n) is 5.95. The van der Waals surface area contributed by atoms with E-state index in [2.05, 4.69) is 5.10 Å². The third-order valence-corrected chi connectivity index (χ3v) is 4.69. The number of hydrogen-bond donors (Lipinski definition) is 1. The van der Waals surface area contributed by atoms with Crippen molar-refractivity contribution >= 4 is 15.5 Å². The molecule has 1 heterocycles. The molecule has 6 heteroatoms. The fraction of sp³-hybridized carbons (Fsp3) is 0.308. The van der Waals surface area contributed by atoms with Gasteiger partial charge in [0, 0.05) is 13.2 Å². The van der Waals surface area contributed by atoms with Crippen LogP contribution in [0, 0.1) is 6.92 Å². The van der Waals surface area contributed by atoms with Gasteiger partial charge in [0.1, 0.15) is 0 Å². The van der Waals surface area contributed by atoms with Gasteiger partial charge in [0.05, 0.1) is 22.5 Å². The summed E-state index contributed by atoms with van der Waals surface area (Å²) in [5.74, 6) is 0.0341. The van der Waals surface area contributed by atoms with Crippen molar-refractivity contribution in [3.63, 3.8) is 0 Å². The molecule has 0 aliphatic rings. The zero-order valence-electron chi connectivity index (χ0n) is 11.0. The monoisotopic (exact) mass is 279 g/mol. The fourth-order valence-corrected chi connectivity index (χ4v) is 3.39. The summed E-state index contributed by atoms with van der Waals surface area (Å²) in [6, 6.07) is 5.05. The van der Waals surface area contributed by atoms with E-state index in [1.54, 1.807) is 36.1 Å². The zero-order chi connectivity index (χ0) is 14.0. The SMILES string of the molecule is Cc1ccc(N)c(S(=O)(=O)CCc2cnn(C)c2)c1. The van der Waals surface area contributed by atoms with E-state index in [-0.39, 0.29) is 10.6 Å². The minimum atomic E-state index is -3.36. The van der Waals surface area contributed by atoms with Crippen LogP contribution in [0.5, 0.6) is 0 Å². The van der Waals surface area contributed by atoms with Crippen molar-refractivity contribution in [2.24, 2.45) is 7.05 Å². The lowest BCUT2D eigenvalue weighted by Gasteiger charge is -2.07. The Balaban J connectivity index is 2.20. The van der Waals surface area contributed by atoms with Crippen molar-refractivity contribution in [1.29, 1.82) is 0 Å². The lowest BCUT2D eigenvalue weighted by atomic mass is 10.2. The Bertz CT molecular complexity index is 690. The number of hydrogen-bond acceptors (Lipinski definition) is 4. The Hall–Kier alpha value is -1.82. The summed E-state index contributed by atoms with van der Waals surface area (Å²) in [6.45, 7) is 1.85. The van der Waals surface area contributed by atoms with Gasteiger partial charge in [-0.2, -0.15) is 5.10 Å². The van der Waals surface area contributed by atoms with Gasteiger partial charge in [-0.05, 0) is 36.6 Å². The molecule has 0 aliphatic heterocycles. The van der Waals surface area contributed by atoms with Crippen molar-refractivity contribution in [2.75, 3.05) is 11.5 Å². The van der Waals surface area contributed by atoms with Gasteiger partial charge in [0.15, 0.2) is 9.84 Å². The molecule has 19 heavy (non-hydrogen) atoms. The maximum Gasteiger partial charge on any atom is 0.180 e. The number of anilines is 1. The van der Waals surface area contributed by atoms with Gasteiger partial charge in [-0.3, -0.25) is 4.68 Å². The third kappa shape index (κ3) is 3.14. The van der Waals surface area contributed by atoms with Crippen LogP contribution in [0.1, 0.15) is 11.1 Å². The highest BCUT2D eigenvalue weighted by molar-refractivity contribution is 7.91. The second-order valence-corrected chi connectivity index (χ2v) is 6.71. The van der Waals surface area contributed by atoms with Crippen LogP contribution in [0.2, 0.25) is 0 Å². The molecule has 0 spiro atoms. The molecule has 5 nitrogen and oxygen atoms in total. The standard InChI is InChI=1S/C13H17N3O2S/c1-10-3-4-12(14)13(7-10)19(17,18)6-5-11-8-15-16(2)9-11/h3-4,7-9H,5-6,14H2,1-2H3. The number of nitrogens with zero attached hydrogens (tertiary/aromatic N) is 2. The highest BCUT2D eigenvalue weighted by atomic mass is 32.2. The molecule has 1 aromatic heterocycles. The molecule has 0 amide bonds. The largest absolute Gasteiger partial charge is 0.398 e. The van der Waals surface area contributed by atoms with E-state index in [0.29, 0.717) is 12.1 Å². The lowest BCUT2D eigenvalue weighted by molar-refractivity contribution is 0.595. The first kappa shape index (κ1) is 13.6. The number of rotatable bonds is 4. The summed E-state index contributed by atoms with van der Waals surface area (Å²) in [5.41, 5.74) is 7.84. The van der Waals surface area contributed by atoms with E-state index < -0.39 is 9.84 Å². The zero-order valence-corrected chi connectivity index (χ0v) is 11.8. The smallest absolute Gasteiger partial charge is 0.180 e. The number of nitrogen functional groups attached to an aromatic ring is 1. The van der Waals surface area contributed by atoms with Crippen LogP contribution in [-0.2, 0) is 23.3 Å². The van der Waals surface area contributed by atoms with E-state index in [9.17, 15) is 8.42 Å². The van der Waals surface area contributed by atoms with E-state index in [0.717, 1.165) is 11.1 Å². The van der Waals surface area contributed by atoms with Crippen molar-refractivity contribution in [2.45, 2.75) is 18.2 Å². The Labute approximate surface area is 113 Å². The summed E-state index contributed by atoms with van der Waals surface area (Å²) >= 11 is 0. The molecule has 0 radical (unpaired) electrons. The topological polar surface area (TPSA) is 78.0 Å². The summed E-state index contributed by atoms with van der Waals surface area (Å²) in [6.07, 6.45) is 3.92. The van der Waals surface area contributed by atoms with Crippen LogP contribution in [0.4, 0.5) is 5.69 Å². The molecular formula is C13H17N3O2S. The predicted octanol–water partition coefficient (Wildman–Crippen LogP) is 1.33. The Morgan fingerprint density at radius 2 is 2.11 bits per heavy atom. The van der Waals surface area contributed by atoms with Crippen LogP contribution >= 0.6 is 0 Å². The molecule has 2 N–H and O–H groups in total. The van der Waals surface area contributed by atoms with E-state index in [4.69, 9.17) is 5.73 Å². The normalized spacial score (nSPS) is 11.7. The number of aromatic nitrogens is 2. The molecule has 2 rings (SSSR count). The average Bonchev–Trinajstić information content (AvgIpc) is 2.76. The first-order valence-corrected chi connectivity index (χ1v) is 7.60. The predicted molar refractivity (Wildman–Crippen MR) is 74.6 cm³/mol.